The maximum absolute atomic E-state index is 12.2. The molecule has 23 heavy (non-hydrogen) atoms. The van der Waals surface area contributed by atoms with Gasteiger partial charge in [0.2, 0.25) is 0 Å². The minimum Gasteiger partial charge on any atom is -0.462 e. The molecule has 0 fully saturated rings. The van der Waals surface area contributed by atoms with Crippen molar-refractivity contribution in [1.29, 1.82) is 0 Å². The van der Waals surface area contributed by atoms with Crippen LogP contribution in [0.3, 0.4) is 0 Å². The minimum absolute atomic E-state index is 0.311. The molecule has 0 bridgehead atoms. The SMILES string of the molecule is CCOC(=O)c1cnc2c(cnn2C)c1NCc1ccnn1C. The number of ether oxygens (including phenoxy) is 1. The molecule has 0 aliphatic carbocycles. The van der Waals surface area contributed by atoms with Crippen molar-refractivity contribution in [2.24, 2.45) is 14.1 Å². The first kappa shape index (κ1) is 15.0. The number of aromatic nitrogens is 5. The number of hydrogen-bond acceptors (Lipinski definition) is 6. The number of fused-ring (bicyclic) bond motifs is 1. The highest BCUT2D eigenvalue weighted by Crippen LogP contribution is 2.26. The molecule has 0 aromatic carbocycles. The quantitative estimate of drug-likeness (QED) is 0.718. The van der Waals surface area contributed by atoms with Crippen LogP contribution in [0.5, 0.6) is 0 Å². The summed E-state index contributed by atoms with van der Waals surface area (Å²) in [6, 6.07) is 1.92. The van der Waals surface area contributed by atoms with Gasteiger partial charge >= 0.3 is 5.97 Å². The molecule has 120 valence electrons. The average Bonchev–Trinajstić information content (AvgIpc) is 3.11. The highest BCUT2D eigenvalue weighted by molar-refractivity contribution is 6.04. The summed E-state index contributed by atoms with van der Waals surface area (Å²) in [5.41, 5.74) is 2.76. The lowest BCUT2D eigenvalue weighted by Crippen LogP contribution is -2.12. The number of nitrogens with zero attached hydrogens (tertiary/aromatic N) is 5. The largest absolute Gasteiger partial charge is 0.462 e. The van der Waals surface area contributed by atoms with Crippen LogP contribution in [0, 0.1) is 0 Å². The maximum Gasteiger partial charge on any atom is 0.341 e. The average molecular weight is 314 g/mol. The maximum atomic E-state index is 12.2. The Morgan fingerprint density at radius 3 is 2.78 bits per heavy atom. The normalized spacial score (nSPS) is 10.9. The molecule has 8 nitrogen and oxygen atoms in total. The fourth-order valence-electron chi connectivity index (χ4n) is 2.40. The zero-order chi connectivity index (χ0) is 16.4. The lowest BCUT2D eigenvalue weighted by Gasteiger charge is -2.12. The number of rotatable bonds is 5. The van der Waals surface area contributed by atoms with Crippen LogP contribution in [0.4, 0.5) is 5.69 Å². The standard InChI is InChI=1S/C15H18N6O2/c1-4-23-15(22)12-8-17-14-11(9-19-21(14)3)13(12)16-7-10-5-6-18-20(10)2/h5-6,8-9H,4,7H2,1-3H3,(H,16,17). The number of carbonyl (C=O) groups excluding carboxylic acids is 1. The molecular formula is C15H18N6O2. The number of hydrogen-bond donors (Lipinski definition) is 1. The van der Waals surface area contributed by atoms with E-state index in [4.69, 9.17) is 4.74 Å². The second-order valence-electron chi connectivity index (χ2n) is 5.07. The molecular weight excluding hydrogens is 296 g/mol. The van der Waals surface area contributed by atoms with Crippen molar-refractivity contribution in [3.63, 3.8) is 0 Å². The molecule has 0 aliphatic heterocycles. The first-order chi connectivity index (χ1) is 11.1. The van der Waals surface area contributed by atoms with Gasteiger partial charge in [-0.3, -0.25) is 9.36 Å². The molecule has 0 unspecified atom stereocenters. The summed E-state index contributed by atoms with van der Waals surface area (Å²) < 4.78 is 8.56. The van der Waals surface area contributed by atoms with Gasteiger partial charge in [0, 0.05) is 26.5 Å². The highest BCUT2D eigenvalue weighted by atomic mass is 16.5. The van der Waals surface area contributed by atoms with Crippen molar-refractivity contribution in [2.45, 2.75) is 13.5 Å². The van der Waals surface area contributed by atoms with Gasteiger partial charge in [0.15, 0.2) is 5.65 Å². The van der Waals surface area contributed by atoms with Gasteiger partial charge < -0.3 is 10.1 Å². The lowest BCUT2D eigenvalue weighted by atomic mass is 10.1. The Kier molecular flexibility index (Phi) is 3.96. The zero-order valence-electron chi connectivity index (χ0n) is 13.3. The van der Waals surface area contributed by atoms with Crippen molar-refractivity contribution >= 4 is 22.7 Å². The molecule has 0 saturated carbocycles. The van der Waals surface area contributed by atoms with Crippen molar-refractivity contribution in [3.8, 4) is 0 Å². The van der Waals surface area contributed by atoms with E-state index in [-0.39, 0.29) is 0 Å². The summed E-state index contributed by atoms with van der Waals surface area (Å²) in [6.07, 6.45) is 4.94. The lowest BCUT2D eigenvalue weighted by molar-refractivity contribution is 0.0527. The number of aryl methyl sites for hydroxylation is 2. The molecule has 3 heterocycles. The summed E-state index contributed by atoms with van der Waals surface area (Å²) in [5, 5.41) is 12.4. The molecule has 0 spiro atoms. The van der Waals surface area contributed by atoms with Gasteiger partial charge in [0.05, 0.1) is 36.1 Å². The summed E-state index contributed by atoms with van der Waals surface area (Å²) in [5.74, 6) is -0.404. The number of nitrogens with one attached hydrogen (secondary N) is 1. The molecule has 0 atom stereocenters. The van der Waals surface area contributed by atoms with E-state index in [9.17, 15) is 4.79 Å². The summed E-state index contributed by atoms with van der Waals surface area (Å²) in [4.78, 5) is 16.5. The third-order valence-corrected chi connectivity index (χ3v) is 3.63. The first-order valence-corrected chi connectivity index (χ1v) is 7.30. The van der Waals surface area contributed by atoms with Crippen molar-refractivity contribution in [2.75, 3.05) is 11.9 Å². The van der Waals surface area contributed by atoms with Gasteiger partial charge in [-0.2, -0.15) is 10.2 Å². The van der Waals surface area contributed by atoms with Crippen LogP contribution in [0.2, 0.25) is 0 Å². The van der Waals surface area contributed by atoms with Gasteiger partial charge in [0.25, 0.3) is 0 Å². The van der Waals surface area contributed by atoms with Crippen LogP contribution >= 0.6 is 0 Å². The summed E-state index contributed by atoms with van der Waals surface area (Å²) in [7, 11) is 3.68. The van der Waals surface area contributed by atoms with Crippen LogP contribution in [-0.4, -0.2) is 37.1 Å². The Balaban J connectivity index is 2.01. The van der Waals surface area contributed by atoms with Gasteiger partial charge in [-0.15, -0.1) is 0 Å². The Hall–Kier alpha value is -2.90. The predicted octanol–water partition coefficient (Wildman–Crippen LogP) is 1.49. The van der Waals surface area contributed by atoms with E-state index in [0.717, 1.165) is 11.1 Å². The zero-order valence-corrected chi connectivity index (χ0v) is 13.3. The summed E-state index contributed by atoms with van der Waals surface area (Å²) in [6.45, 7) is 2.61. The predicted molar refractivity (Wildman–Crippen MR) is 85.0 cm³/mol. The van der Waals surface area contributed by atoms with Crippen molar-refractivity contribution in [3.05, 3.63) is 35.9 Å². The second kappa shape index (κ2) is 6.07. The van der Waals surface area contributed by atoms with Crippen molar-refractivity contribution in [1.82, 2.24) is 24.5 Å². The molecule has 0 saturated heterocycles. The first-order valence-electron chi connectivity index (χ1n) is 7.30. The van der Waals surface area contributed by atoms with Gasteiger partial charge in [-0.25, -0.2) is 9.78 Å². The van der Waals surface area contributed by atoms with Crippen LogP contribution in [0.15, 0.2) is 24.7 Å². The Morgan fingerprint density at radius 2 is 2.09 bits per heavy atom. The fraction of sp³-hybridized carbons (Fsp3) is 0.333. The highest BCUT2D eigenvalue weighted by Gasteiger charge is 2.18. The third kappa shape index (κ3) is 2.75. The van der Waals surface area contributed by atoms with E-state index in [2.05, 4.69) is 20.5 Å². The second-order valence-corrected chi connectivity index (χ2v) is 5.07. The third-order valence-electron chi connectivity index (χ3n) is 3.63. The molecule has 0 aliphatic rings. The molecule has 3 aromatic heterocycles. The van der Waals surface area contributed by atoms with Crippen LogP contribution < -0.4 is 5.32 Å². The minimum atomic E-state index is -0.404. The van der Waals surface area contributed by atoms with Crippen LogP contribution in [-0.2, 0) is 25.4 Å². The van der Waals surface area contributed by atoms with E-state index in [1.165, 1.54) is 6.20 Å². The van der Waals surface area contributed by atoms with E-state index in [1.54, 1.807) is 28.7 Å². The number of carbonyl (C=O) groups is 1. The molecule has 3 rings (SSSR count). The molecule has 0 amide bonds. The number of esters is 1. The fourth-order valence-corrected chi connectivity index (χ4v) is 2.40. The molecule has 0 radical (unpaired) electrons. The Bertz CT molecular complexity index is 851. The van der Waals surface area contributed by atoms with Crippen LogP contribution in [0.25, 0.3) is 11.0 Å². The topological polar surface area (TPSA) is 86.9 Å². The Morgan fingerprint density at radius 1 is 1.26 bits per heavy atom. The molecule has 3 aromatic rings. The van der Waals surface area contributed by atoms with E-state index in [1.807, 2.05) is 20.2 Å². The summed E-state index contributed by atoms with van der Waals surface area (Å²) >= 11 is 0. The van der Waals surface area contributed by atoms with Crippen LogP contribution in [0.1, 0.15) is 23.0 Å². The molecule has 8 heteroatoms. The van der Waals surface area contributed by atoms with E-state index < -0.39 is 5.97 Å². The monoisotopic (exact) mass is 314 g/mol. The van der Waals surface area contributed by atoms with Gasteiger partial charge in [-0.1, -0.05) is 0 Å². The smallest absolute Gasteiger partial charge is 0.341 e. The van der Waals surface area contributed by atoms with E-state index >= 15 is 0 Å². The number of pyridine rings is 1. The van der Waals surface area contributed by atoms with Crippen molar-refractivity contribution < 1.29 is 9.53 Å². The number of anilines is 1. The van der Waals surface area contributed by atoms with Gasteiger partial charge in [-0.05, 0) is 13.0 Å². The molecule has 1 N–H and O–H groups in total. The van der Waals surface area contributed by atoms with Gasteiger partial charge in [0.1, 0.15) is 5.56 Å². The Labute approximate surface area is 133 Å². The van der Waals surface area contributed by atoms with E-state index in [0.29, 0.717) is 30.0 Å².